The van der Waals surface area contributed by atoms with Crippen molar-refractivity contribution in [3.8, 4) is 11.5 Å². The van der Waals surface area contributed by atoms with Crippen molar-refractivity contribution >= 4 is 11.6 Å². The van der Waals surface area contributed by atoms with E-state index in [-0.39, 0.29) is 18.6 Å². The van der Waals surface area contributed by atoms with Gasteiger partial charge in [-0.05, 0) is 25.5 Å². The average Bonchev–Trinajstić information content (AvgIpc) is 2.36. The van der Waals surface area contributed by atoms with Crippen LogP contribution in [0.5, 0.6) is 11.5 Å². The van der Waals surface area contributed by atoms with Crippen LogP contribution in [0.15, 0.2) is 18.2 Å². The second kappa shape index (κ2) is 6.74. The number of methoxy groups -OCH3 is 1. The van der Waals surface area contributed by atoms with Gasteiger partial charge in [0.15, 0.2) is 18.1 Å². The standard InChI is InChI=1S/C13H20N2O3/c1-4-9(2)15-13(16)8-18-12-7-10(14)5-6-11(12)17-3/h5-7,9H,4,8,14H2,1-3H3,(H,15,16). The molecule has 0 aromatic heterocycles. The van der Waals surface area contributed by atoms with Crippen molar-refractivity contribution in [2.45, 2.75) is 26.3 Å². The molecule has 0 saturated carbocycles. The van der Waals surface area contributed by atoms with Gasteiger partial charge in [-0.15, -0.1) is 0 Å². The number of anilines is 1. The Bertz CT molecular complexity index is 407. The smallest absolute Gasteiger partial charge is 0.258 e. The number of hydrogen-bond donors (Lipinski definition) is 2. The first kappa shape index (κ1) is 14.2. The van der Waals surface area contributed by atoms with Gasteiger partial charge in [-0.25, -0.2) is 0 Å². The van der Waals surface area contributed by atoms with Crippen molar-refractivity contribution in [2.24, 2.45) is 0 Å². The Balaban J connectivity index is 2.57. The quantitative estimate of drug-likeness (QED) is 0.754. The highest BCUT2D eigenvalue weighted by atomic mass is 16.5. The van der Waals surface area contributed by atoms with E-state index in [9.17, 15) is 4.79 Å². The maximum absolute atomic E-state index is 11.6. The zero-order valence-corrected chi connectivity index (χ0v) is 11.0. The number of amides is 1. The molecule has 1 aromatic carbocycles. The molecular weight excluding hydrogens is 232 g/mol. The summed E-state index contributed by atoms with van der Waals surface area (Å²) in [5, 5.41) is 2.82. The van der Waals surface area contributed by atoms with Crippen molar-refractivity contribution in [3.63, 3.8) is 0 Å². The maximum atomic E-state index is 11.6. The summed E-state index contributed by atoms with van der Waals surface area (Å²) in [4.78, 5) is 11.6. The first-order chi connectivity index (χ1) is 8.56. The number of hydrogen-bond acceptors (Lipinski definition) is 4. The van der Waals surface area contributed by atoms with Crippen LogP contribution in [0.4, 0.5) is 5.69 Å². The zero-order chi connectivity index (χ0) is 13.5. The van der Waals surface area contributed by atoms with E-state index in [4.69, 9.17) is 15.2 Å². The van der Waals surface area contributed by atoms with Gasteiger partial charge >= 0.3 is 0 Å². The minimum absolute atomic E-state index is 0.0514. The SMILES string of the molecule is CCC(C)NC(=O)COc1cc(N)ccc1OC. The summed E-state index contributed by atoms with van der Waals surface area (Å²) in [6, 6.07) is 5.20. The molecule has 0 saturated heterocycles. The molecule has 1 rings (SSSR count). The third-order valence-electron chi connectivity index (χ3n) is 2.57. The minimum Gasteiger partial charge on any atom is -0.493 e. The van der Waals surface area contributed by atoms with Crippen molar-refractivity contribution < 1.29 is 14.3 Å². The molecule has 1 atom stereocenters. The normalized spacial score (nSPS) is 11.7. The molecule has 0 aliphatic rings. The number of nitrogen functional groups attached to an aromatic ring is 1. The third kappa shape index (κ3) is 4.16. The molecule has 0 radical (unpaired) electrons. The van der Waals surface area contributed by atoms with E-state index in [1.165, 1.54) is 7.11 Å². The lowest BCUT2D eigenvalue weighted by Gasteiger charge is -2.13. The lowest BCUT2D eigenvalue weighted by molar-refractivity contribution is -0.123. The van der Waals surface area contributed by atoms with Crippen LogP contribution in [-0.4, -0.2) is 25.7 Å². The van der Waals surface area contributed by atoms with Gasteiger partial charge < -0.3 is 20.5 Å². The summed E-state index contributed by atoms with van der Waals surface area (Å²) in [5.74, 6) is 0.867. The van der Waals surface area contributed by atoms with Gasteiger partial charge in [-0.1, -0.05) is 6.92 Å². The first-order valence-corrected chi connectivity index (χ1v) is 5.92. The fourth-order valence-electron chi connectivity index (χ4n) is 1.37. The lowest BCUT2D eigenvalue weighted by Crippen LogP contribution is -2.35. The summed E-state index contributed by atoms with van der Waals surface area (Å²) in [5.41, 5.74) is 6.22. The van der Waals surface area contributed by atoms with E-state index < -0.39 is 0 Å². The van der Waals surface area contributed by atoms with Crippen LogP contribution in [-0.2, 0) is 4.79 Å². The van der Waals surface area contributed by atoms with Gasteiger partial charge in [-0.3, -0.25) is 4.79 Å². The van der Waals surface area contributed by atoms with Crippen LogP contribution < -0.4 is 20.5 Å². The van der Waals surface area contributed by atoms with Crippen LogP contribution in [0.1, 0.15) is 20.3 Å². The van der Waals surface area contributed by atoms with E-state index in [1.807, 2.05) is 13.8 Å². The number of rotatable bonds is 6. The molecule has 3 N–H and O–H groups in total. The van der Waals surface area contributed by atoms with E-state index in [0.717, 1.165) is 6.42 Å². The molecule has 5 nitrogen and oxygen atoms in total. The van der Waals surface area contributed by atoms with Gasteiger partial charge in [0.1, 0.15) is 0 Å². The predicted molar refractivity (Wildman–Crippen MR) is 70.8 cm³/mol. The van der Waals surface area contributed by atoms with Crippen molar-refractivity contribution in [2.75, 3.05) is 19.5 Å². The number of carbonyl (C=O) groups is 1. The zero-order valence-electron chi connectivity index (χ0n) is 11.0. The Hall–Kier alpha value is -1.91. The maximum Gasteiger partial charge on any atom is 0.258 e. The summed E-state index contributed by atoms with van der Waals surface area (Å²) in [6.45, 7) is 3.90. The molecule has 0 bridgehead atoms. The number of nitrogens with two attached hydrogens (primary N) is 1. The summed E-state index contributed by atoms with van der Waals surface area (Å²) >= 11 is 0. The van der Waals surface area contributed by atoms with E-state index >= 15 is 0 Å². The highest BCUT2D eigenvalue weighted by Gasteiger charge is 2.09. The highest BCUT2D eigenvalue weighted by molar-refractivity contribution is 5.77. The van der Waals surface area contributed by atoms with Gasteiger partial charge in [0.2, 0.25) is 0 Å². The van der Waals surface area contributed by atoms with Crippen molar-refractivity contribution in [3.05, 3.63) is 18.2 Å². The Morgan fingerprint density at radius 1 is 1.44 bits per heavy atom. The second-order valence-electron chi connectivity index (χ2n) is 4.08. The first-order valence-electron chi connectivity index (χ1n) is 5.92. The van der Waals surface area contributed by atoms with Crippen molar-refractivity contribution in [1.29, 1.82) is 0 Å². The minimum atomic E-state index is -0.158. The van der Waals surface area contributed by atoms with E-state index in [0.29, 0.717) is 17.2 Å². The van der Waals surface area contributed by atoms with Crippen LogP contribution in [0.2, 0.25) is 0 Å². The summed E-state index contributed by atoms with van der Waals surface area (Å²) in [7, 11) is 1.54. The van der Waals surface area contributed by atoms with E-state index in [1.54, 1.807) is 18.2 Å². The largest absolute Gasteiger partial charge is 0.493 e. The monoisotopic (exact) mass is 252 g/mol. The van der Waals surface area contributed by atoms with Gasteiger partial charge in [-0.2, -0.15) is 0 Å². The van der Waals surface area contributed by atoms with E-state index in [2.05, 4.69) is 5.32 Å². The second-order valence-corrected chi connectivity index (χ2v) is 4.08. The molecular formula is C13H20N2O3. The Morgan fingerprint density at radius 2 is 2.17 bits per heavy atom. The molecule has 0 aliphatic carbocycles. The van der Waals surface area contributed by atoms with Crippen LogP contribution >= 0.6 is 0 Å². The van der Waals surface area contributed by atoms with Gasteiger partial charge in [0.25, 0.3) is 5.91 Å². The molecule has 18 heavy (non-hydrogen) atoms. The lowest BCUT2D eigenvalue weighted by atomic mass is 10.2. The molecule has 1 aromatic rings. The molecule has 5 heteroatoms. The fourth-order valence-corrected chi connectivity index (χ4v) is 1.37. The number of benzene rings is 1. The van der Waals surface area contributed by atoms with Crippen LogP contribution in [0.25, 0.3) is 0 Å². The Labute approximate surface area is 107 Å². The molecule has 0 fully saturated rings. The van der Waals surface area contributed by atoms with Crippen LogP contribution in [0.3, 0.4) is 0 Å². The highest BCUT2D eigenvalue weighted by Crippen LogP contribution is 2.28. The van der Waals surface area contributed by atoms with Crippen molar-refractivity contribution in [1.82, 2.24) is 5.32 Å². The summed E-state index contributed by atoms with van der Waals surface area (Å²) < 4.78 is 10.5. The topological polar surface area (TPSA) is 73.6 Å². The fraction of sp³-hybridized carbons (Fsp3) is 0.462. The molecule has 100 valence electrons. The molecule has 0 spiro atoms. The molecule has 1 amide bonds. The third-order valence-corrected chi connectivity index (χ3v) is 2.57. The van der Waals surface area contributed by atoms with Crippen LogP contribution in [0, 0.1) is 0 Å². The predicted octanol–water partition coefficient (Wildman–Crippen LogP) is 1.57. The number of carbonyl (C=O) groups excluding carboxylic acids is 1. The average molecular weight is 252 g/mol. The van der Waals surface area contributed by atoms with Gasteiger partial charge in [0.05, 0.1) is 7.11 Å². The van der Waals surface area contributed by atoms with Gasteiger partial charge in [0, 0.05) is 17.8 Å². The molecule has 0 aliphatic heterocycles. The molecule has 0 heterocycles. The number of ether oxygens (including phenoxy) is 2. The Morgan fingerprint density at radius 3 is 2.78 bits per heavy atom. The summed E-state index contributed by atoms with van der Waals surface area (Å²) in [6.07, 6.45) is 0.882. The molecule has 1 unspecified atom stereocenters. The Kier molecular flexibility index (Phi) is 5.30. The number of nitrogens with one attached hydrogen (secondary N) is 1.